The highest BCUT2D eigenvalue weighted by atomic mass is 16.6. The lowest BCUT2D eigenvalue weighted by molar-refractivity contribution is -0.384. The van der Waals surface area contributed by atoms with Gasteiger partial charge in [-0.1, -0.05) is 42.5 Å². The van der Waals surface area contributed by atoms with Crippen molar-refractivity contribution in [3.05, 3.63) is 105 Å². The molecule has 182 valence electrons. The molecule has 36 heavy (non-hydrogen) atoms. The van der Waals surface area contributed by atoms with Crippen LogP contribution in [0, 0.1) is 24.0 Å². The minimum Gasteiger partial charge on any atom is -0.339 e. The lowest BCUT2D eigenvalue weighted by Gasteiger charge is -2.22. The normalized spacial score (nSPS) is 13.2. The third-order valence-corrected chi connectivity index (χ3v) is 5.89. The predicted molar refractivity (Wildman–Crippen MR) is 130 cm³/mol. The van der Waals surface area contributed by atoms with Gasteiger partial charge in [-0.15, -0.1) is 0 Å². The molecule has 0 fully saturated rings. The van der Waals surface area contributed by atoms with Crippen molar-refractivity contribution in [2.24, 2.45) is 0 Å². The van der Waals surface area contributed by atoms with Crippen molar-refractivity contribution in [3.63, 3.8) is 0 Å². The number of carbonyl (C=O) groups excluding carboxylic acids is 4. The third-order valence-electron chi connectivity index (χ3n) is 5.89. The minimum atomic E-state index is -1.33. The maximum absolute atomic E-state index is 13.3. The van der Waals surface area contributed by atoms with Gasteiger partial charge in [0.05, 0.1) is 16.1 Å². The zero-order valence-electron chi connectivity index (χ0n) is 19.5. The largest absolute Gasteiger partial charge is 0.339 e. The van der Waals surface area contributed by atoms with Gasteiger partial charge in [-0.25, -0.2) is 0 Å². The number of aryl methyl sites for hydroxylation is 2. The van der Waals surface area contributed by atoms with Crippen molar-refractivity contribution in [2.45, 2.75) is 19.9 Å². The van der Waals surface area contributed by atoms with Crippen LogP contribution in [-0.4, -0.2) is 40.0 Å². The maximum atomic E-state index is 13.3. The molecule has 0 radical (unpaired) electrons. The molecular weight excluding hydrogens is 464 g/mol. The van der Waals surface area contributed by atoms with Crippen LogP contribution >= 0.6 is 0 Å². The number of nitro benzene ring substituents is 1. The van der Waals surface area contributed by atoms with Crippen LogP contribution in [0.3, 0.4) is 0 Å². The molecule has 4 rings (SSSR count). The Labute approximate surface area is 206 Å². The second-order valence-electron chi connectivity index (χ2n) is 8.35. The number of amides is 4. The summed E-state index contributed by atoms with van der Waals surface area (Å²) < 4.78 is 0. The molecule has 10 nitrogen and oxygen atoms in total. The molecule has 0 bridgehead atoms. The average molecular weight is 486 g/mol. The van der Waals surface area contributed by atoms with Crippen LogP contribution < -0.4 is 10.6 Å². The minimum absolute atomic E-state index is 0.170. The Kier molecular flexibility index (Phi) is 6.60. The summed E-state index contributed by atoms with van der Waals surface area (Å²) in [6.45, 7) is 3.01. The van der Waals surface area contributed by atoms with Crippen LogP contribution in [0.4, 0.5) is 11.4 Å². The highest BCUT2D eigenvalue weighted by molar-refractivity contribution is 6.22. The lowest BCUT2D eigenvalue weighted by atomic mass is 10.0. The molecule has 1 heterocycles. The first-order valence-corrected chi connectivity index (χ1v) is 11.0. The van der Waals surface area contributed by atoms with E-state index < -0.39 is 41.1 Å². The molecule has 2 N–H and O–H groups in total. The van der Waals surface area contributed by atoms with Gasteiger partial charge in [-0.05, 0) is 42.7 Å². The number of imide groups is 1. The third kappa shape index (κ3) is 4.69. The molecule has 1 atom stereocenters. The highest BCUT2D eigenvalue weighted by Gasteiger charge is 2.37. The van der Waals surface area contributed by atoms with E-state index in [-0.39, 0.29) is 22.4 Å². The van der Waals surface area contributed by atoms with E-state index >= 15 is 0 Å². The first-order chi connectivity index (χ1) is 17.2. The Hall–Kier alpha value is -4.86. The molecule has 0 aromatic heterocycles. The van der Waals surface area contributed by atoms with Gasteiger partial charge >= 0.3 is 0 Å². The summed E-state index contributed by atoms with van der Waals surface area (Å²) in [7, 11) is 0. The molecule has 3 aromatic rings. The van der Waals surface area contributed by atoms with E-state index in [1.165, 1.54) is 36.4 Å². The van der Waals surface area contributed by atoms with Crippen molar-refractivity contribution < 1.29 is 24.1 Å². The Morgan fingerprint density at radius 3 is 2.08 bits per heavy atom. The standard InChI is InChI=1S/C26H22N4O6/c1-15-7-5-8-16(2)22(15)28-24(32)23(17-9-6-10-18(13-17)30(35)36)27-21(31)14-29-25(33)19-11-3-4-12-20(19)26(29)34/h3-13,23H,14H2,1-2H3,(H,27,31)(H,28,32). The molecule has 10 heteroatoms. The fraction of sp³-hybridized carbons (Fsp3) is 0.154. The topological polar surface area (TPSA) is 139 Å². The number of rotatable bonds is 7. The van der Waals surface area contributed by atoms with Gasteiger partial charge in [0.15, 0.2) is 0 Å². The number of nitro groups is 1. The SMILES string of the molecule is Cc1cccc(C)c1NC(=O)C(NC(=O)CN1C(=O)c2ccccc2C1=O)c1cccc([N+](=O)[O-])c1. The Balaban J connectivity index is 1.60. The van der Waals surface area contributed by atoms with Gasteiger partial charge in [-0.2, -0.15) is 0 Å². The van der Waals surface area contributed by atoms with E-state index in [4.69, 9.17) is 0 Å². The molecule has 0 saturated heterocycles. The number of benzene rings is 3. The number of non-ortho nitro benzene ring substituents is 1. The fourth-order valence-electron chi connectivity index (χ4n) is 4.06. The molecule has 3 aromatic carbocycles. The van der Waals surface area contributed by atoms with Gasteiger partial charge in [-0.3, -0.25) is 34.2 Å². The van der Waals surface area contributed by atoms with Gasteiger partial charge < -0.3 is 10.6 Å². The van der Waals surface area contributed by atoms with Gasteiger partial charge in [0.2, 0.25) is 5.91 Å². The van der Waals surface area contributed by atoms with E-state index in [1.807, 2.05) is 32.0 Å². The molecule has 1 unspecified atom stereocenters. The molecule has 1 aliphatic heterocycles. The van der Waals surface area contributed by atoms with Crippen molar-refractivity contribution in [2.75, 3.05) is 11.9 Å². The van der Waals surface area contributed by atoms with Gasteiger partial charge in [0.25, 0.3) is 23.4 Å². The first kappa shape index (κ1) is 24.3. The van der Waals surface area contributed by atoms with Crippen LogP contribution in [0.1, 0.15) is 43.4 Å². The smallest absolute Gasteiger partial charge is 0.269 e. The summed E-state index contributed by atoms with van der Waals surface area (Å²) in [5.74, 6) is -2.64. The second kappa shape index (κ2) is 9.79. The van der Waals surface area contributed by atoms with Crippen LogP contribution in [0.5, 0.6) is 0 Å². The number of carbonyl (C=O) groups is 4. The number of hydrogen-bond acceptors (Lipinski definition) is 6. The quantitative estimate of drug-likeness (QED) is 0.298. The number of fused-ring (bicyclic) bond motifs is 1. The first-order valence-electron chi connectivity index (χ1n) is 11.0. The van der Waals surface area contributed by atoms with Crippen LogP contribution in [0.2, 0.25) is 0 Å². The van der Waals surface area contributed by atoms with E-state index in [0.29, 0.717) is 5.69 Å². The molecule has 0 saturated carbocycles. The summed E-state index contributed by atoms with van der Waals surface area (Å²) in [6, 6.07) is 15.7. The Morgan fingerprint density at radius 2 is 1.50 bits per heavy atom. The molecule has 1 aliphatic rings. The molecule has 0 spiro atoms. The summed E-state index contributed by atoms with van der Waals surface area (Å²) in [5.41, 5.74) is 2.43. The van der Waals surface area contributed by atoms with Crippen LogP contribution in [0.15, 0.2) is 66.7 Å². The van der Waals surface area contributed by atoms with Crippen molar-refractivity contribution in [1.82, 2.24) is 10.2 Å². The Bertz CT molecular complexity index is 1360. The number of nitrogens with zero attached hydrogens (tertiary/aromatic N) is 2. The average Bonchev–Trinajstić information content (AvgIpc) is 3.09. The summed E-state index contributed by atoms with van der Waals surface area (Å²) in [5, 5.41) is 16.6. The maximum Gasteiger partial charge on any atom is 0.269 e. The molecule has 0 aliphatic carbocycles. The number of hydrogen-bond donors (Lipinski definition) is 2. The van der Waals surface area contributed by atoms with Crippen molar-refractivity contribution in [1.29, 1.82) is 0 Å². The highest BCUT2D eigenvalue weighted by Crippen LogP contribution is 2.25. The zero-order valence-corrected chi connectivity index (χ0v) is 19.5. The molecule has 4 amide bonds. The number of para-hydroxylation sites is 1. The Morgan fingerprint density at radius 1 is 0.917 bits per heavy atom. The zero-order chi connectivity index (χ0) is 26.0. The van der Waals surface area contributed by atoms with Crippen molar-refractivity contribution in [3.8, 4) is 0 Å². The second-order valence-corrected chi connectivity index (χ2v) is 8.35. The summed E-state index contributed by atoms with van der Waals surface area (Å²) >= 11 is 0. The number of anilines is 1. The van der Waals surface area contributed by atoms with E-state index in [2.05, 4.69) is 10.6 Å². The summed E-state index contributed by atoms with van der Waals surface area (Å²) in [4.78, 5) is 63.1. The van der Waals surface area contributed by atoms with E-state index in [0.717, 1.165) is 16.0 Å². The van der Waals surface area contributed by atoms with Gasteiger partial charge in [0, 0.05) is 17.8 Å². The lowest BCUT2D eigenvalue weighted by Crippen LogP contribution is -2.44. The van der Waals surface area contributed by atoms with Crippen LogP contribution in [-0.2, 0) is 9.59 Å². The fourth-order valence-corrected chi connectivity index (χ4v) is 4.06. The summed E-state index contributed by atoms with van der Waals surface area (Å²) in [6.07, 6.45) is 0. The predicted octanol–water partition coefficient (Wildman–Crippen LogP) is 3.30. The monoisotopic (exact) mass is 486 g/mol. The van der Waals surface area contributed by atoms with E-state index in [1.54, 1.807) is 12.1 Å². The van der Waals surface area contributed by atoms with E-state index in [9.17, 15) is 29.3 Å². The van der Waals surface area contributed by atoms with Crippen LogP contribution in [0.25, 0.3) is 0 Å². The van der Waals surface area contributed by atoms with Crippen molar-refractivity contribution >= 4 is 35.0 Å². The molecular formula is C26H22N4O6. The van der Waals surface area contributed by atoms with Gasteiger partial charge in [0.1, 0.15) is 12.6 Å². The number of nitrogens with one attached hydrogen (secondary N) is 2.